The van der Waals surface area contributed by atoms with Crippen molar-refractivity contribution in [2.24, 2.45) is 11.8 Å². The van der Waals surface area contributed by atoms with Crippen molar-refractivity contribution in [3.05, 3.63) is 29.3 Å². The predicted octanol–water partition coefficient (Wildman–Crippen LogP) is 1.78. The summed E-state index contributed by atoms with van der Waals surface area (Å²) in [7, 11) is 1.73. The molecule has 2 rings (SSSR count). The summed E-state index contributed by atoms with van der Waals surface area (Å²) >= 11 is 0. The van der Waals surface area contributed by atoms with E-state index in [1.54, 1.807) is 7.11 Å². The van der Waals surface area contributed by atoms with Crippen LogP contribution in [0.1, 0.15) is 28.8 Å². The number of piperidine rings is 1. The molecule has 0 atom stereocenters. The monoisotopic (exact) mass is 277 g/mol. The summed E-state index contributed by atoms with van der Waals surface area (Å²) in [5.74, 6) is 6.11. The van der Waals surface area contributed by atoms with Crippen LogP contribution < -0.4 is 11.3 Å². The highest BCUT2D eigenvalue weighted by molar-refractivity contribution is 5.99. The summed E-state index contributed by atoms with van der Waals surface area (Å²) in [5.41, 5.74) is 4.99. The Morgan fingerprint density at radius 1 is 1.45 bits per heavy atom. The van der Waals surface area contributed by atoms with Crippen molar-refractivity contribution in [3.8, 4) is 0 Å². The lowest BCUT2D eigenvalue weighted by molar-refractivity contribution is 0.0614. The van der Waals surface area contributed by atoms with Gasteiger partial charge in [0.15, 0.2) is 0 Å². The average molecular weight is 277 g/mol. The molecule has 0 radical (unpaired) electrons. The van der Waals surface area contributed by atoms with Gasteiger partial charge in [0.1, 0.15) is 0 Å². The molecule has 110 valence electrons. The number of benzene rings is 1. The Morgan fingerprint density at radius 3 is 2.75 bits per heavy atom. The quantitative estimate of drug-likeness (QED) is 0.650. The molecular formula is C15H23N3O2. The van der Waals surface area contributed by atoms with Crippen molar-refractivity contribution in [1.29, 1.82) is 0 Å². The van der Waals surface area contributed by atoms with Gasteiger partial charge in [0.2, 0.25) is 0 Å². The SMILES string of the molecule is COCC1CCN(C(=O)c2cc(C)ccc2NN)CC1. The van der Waals surface area contributed by atoms with E-state index >= 15 is 0 Å². The first kappa shape index (κ1) is 14.8. The Hall–Kier alpha value is -1.59. The average Bonchev–Trinajstić information content (AvgIpc) is 2.47. The van der Waals surface area contributed by atoms with Crippen LogP contribution in [-0.2, 0) is 4.74 Å². The van der Waals surface area contributed by atoms with Gasteiger partial charge in [0, 0.05) is 26.8 Å². The van der Waals surface area contributed by atoms with E-state index in [1.807, 2.05) is 30.0 Å². The summed E-state index contributed by atoms with van der Waals surface area (Å²) in [4.78, 5) is 14.5. The number of nitrogens with zero attached hydrogens (tertiary/aromatic N) is 1. The van der Waals surface area contributed by atoms with E-state index in [-0.39, 0.29) is 5.91 Å². The first-order valence-corrected chi connectivity index (χ1v) is 7.01. The van der Waals surface area contributed by atoms with Crippen molar-refractivity contribution in [3.63, 3.8) is 0 Å². The van der Waals surface area contributed by atoms with Crippen LogP contribution in [0.2, 0.25) is 0 Å². The van der Waals surface area contributed by atoms with E-state index in [1.165, 1.54) is 0 Å². The highest BCUT2D eigenvalue weighted by atomic mass is 16.5. The number of likely N-dealkylation sites (tertiary alicyclic amines) is 1. The largest absolute Gasteiger partial charge is 0.384 e. The first-order valence-electron chi connectivity index (χ1n) is 7.01. The third kappa shape index (κ3) is 3.29. The Labute approximate surface area is 120 Å². The van der Waals surface area contributed by atoms with Crippen LogP contribution >= 0.6 is 0 Å². The summed E-state index contributed by atoms with van der Waals surface area (Å²) < 4.78 is 5.18. The highest BCUT2D eigenvalue weighted by Gasteiger charge is 2.24. The van der Waals surface area contributed by atoms with Crippen molar-refractivity contribution < 1.29 is 9.53 Å². The third-order valence-corrected chi connectivity index (χ3v) is 3.87. The molecule has 1 aromatic rings. The van der Waals surface area contributed by atoms with Gasteiger partial charge in [-0.1, -0.05) is 11.6 Å². The van der Waals surface area contributed by atoms with Crippen molar-refractivity contribution >= 4 is 11.6 Å². The first-order chi connectivity index (χ1) is 9.65. The standard InChI is InChI=1S/C15H23N3O2/c1-11-3-4-14(17-16)13(9-11)15(19)18-7-5-12(6-8-18)10-20-2/h3-4,9,12,17H,5-8,10,16H2,1-2H3. The molecule has 0 unspecified atom stereocenters. The van der Waals surface area contributed by atoms with Crippen LogP contribution in [0.3, 0.4) is 0 Å². The normalized spacial score (nSPS) is 16.2. The van der Waals surface area contributed by atoms with Gasteiger partial charge in [-0.05, 0) is 37.8 Å². The topological polar surface area (TPSA) is 67.6 Å². The number of amides is 1. The zero-order valence-corrected chi connectivity index (χ0v) is 12.2. The summed E-state index contributed by atoms with van der Waals surface area (Å²) in [5, 5.41) is 0. The van der Waals surface area contributed by atoms with Gasteiger partial charge < -0.3 is 15.1 Å². The summed E-state index contributed by atoms with van der Waals surface area (Å²) in [6.07, 6.45) is 1.99. The number of hydrazine groups is 1. The lowest BCUT2D eigenvalue weighted by Crippen LogP contribution is -2.39. The number of nitrogen functional groups attached to an aromatic ring is 1. The van der Waals surface area contributed by atoms with Crippen molar-refractivity contribution in [1.82, 2.24) is 4.90 Å². The molecule has 1 saturated heterocycles. The van der Waals surface area contributed by atoms with Gasteiger partial charge in [0.25, 0.3) is 5.91 Å². The molecule has 5 nitrogen and oxygen atoms in total. The molecule has 0 spiro atoms. The van der Waals surface area contributed by atoms with E-state index in [2.05, 4.69) is 5.43 Å². The molecule has 1 amide bonds. The molecule has 20 heavy (non-hydrogen) atoms. The number of nitrogens with two attached hydrogens (primary N) is 1. The number of carbonyl (C=O) groups is 1. The van der Waals surface area contributed by atoms with E-state index in [0.29, 0.717) is 17.2 Å². The minimum Gasteiger partial charge on any atom is -0.384 e. The van der Waals surface area contributed by atoms with Gasteiger partial charge in [-0.15, -0.1) is 0 Å². The lowest BCUT2D eigenvalue weighted by Gasteiger charge is -2.32. The van der Waals surface area contributed by atoms with Crippen LogP contribution in [0.25, 0.3) is 0 Å². The van der Waals surface area contributed by atoms with Crippen LogP contribution in [0.5, 0.6) is 0 Å². The number of carbonyl (C=O) groups excluding carboxylic acids is 1. The number of rotatable bonds is 4. The van der Waals surface area contributed by atoms with Crippen LogP contribution in [0.15, 0.2) is 18.2 Å². The van der Waals surface area contributed by atoms with E-state index in [0.717, 1.165) is 38.1 Å². The van der Waals surface area contributed by atoms with Gasteiger partial charge in [0.05, 0.1) is 11.3 Å². The second-order valence-corrected chi connectivity index (χ2v) is 5.38. The number of methoxy groups -OCH3 is 1. The number of ether oxygens (including phenoxy) is 1. The molecule has 0 bridgehead atoms. The number of hydrogen-bond acceptors (Lipinski definition) is 4. The zero-order valence-electron chi connectivity index (χ0n) is 12.2. The summed E-state index contributed by atoms with van der Waals surface area (Å²) in [6, 6.07) is 5.68. The predicted molar refractivity (Wildman–Crippen MR) is 79.5 cm³/mol. The van der Waals surface area contributed by atoms with E-state index in [4.69, 9.17) is 10.6 Å². The molecule has 1 heterocycles. The van der Waals surface area contributed by atoms with Crippen LogP contribution in [-0.4, -0.2) is 37.6 Å². The van der Waals surface area contributed by atoms with Gasteiger partial charge >= 0.3 is 0 Å². The fraction of sp³-hybridized carbons (Fsp3) is 0.533. The molecule has 0 aliphatic carbocycles. The molecule has 1 aromatic carbocycles. The maximum absolute atomic E-state index is 12.6. The maximum atomic E-state index is 12.6. The Bertz CT molecular complexity index is 468. The molecule has 5 heteroatoms. The molecule has 0 saturated carbocycles. The third-order valence-electron chi connectivity index (χ3n) is 3.87. The smallest absolute Gasteiger partial charge is 0.256 e. The summed E-state index contributed by atoms with van der Waals surface area (Å²) in [6.45, 7) is 4.32. The number of anilines is 1. The Kier molecular flexibility index (Phi) is 4.98. The molecule has 0 aromatic heterocycles. The highest BCUT2D eigenvalue weighted by Crippen LogP contribution is 2.23. The molecule has 1 aliphatic rings. The van der Waals surface area contributed by atoms with Crippen LogP contribution in [0.4, 0.5) is 5.69 Å². The number of aryl methyl sites for hydroxylation is 1. The number of hydrogen-bond donors (Lipinski definition) is 2. The lowest BCUT2D eigenvalue weighted by atomic mass is 9.97. The minimum absolute atomic E-state index is 0.0533. The second kappa shape index (κ2) is 6.72. The molecule has 1 fully saturated rings. The second-order valence-electron chi connectivity index (χ2n) is 5.38. The number of nitrogens with one attached hydrogen (secondary N) is 1. The molecule has 1 aliphatic heterocycles. The fourth-order valence-electron chi connectivity index (χ4n) is 2.67. The molecular weight excluding hydrogens is 254 g/mol. The Morgan fingerprint density at radius 2 is 2.15 bits per heavy atom. The van der Waals surface area contributed by atoms with E-state index in [9.17, 15) is 4.79 Å². The minimum atomic E-state index is 0.0533. The molecule has 3 N–H and O–H groups in total. The van der Waals surface area contributed by atoms with Crippen LogP contribution in [0, 0.1) is 12.8 Å². The van der Waals surface area contributed by atoms with Gasteiger partial charge in [-0.2, -0.15) is 0 Å². The fourth-order valence-corrected chi connectivity index (χ4v) is 2.67. The van der Waals surface area contributed by atoms with Gasteiger partial charge in [-0.3, -0.25) is 10.6 Å². The Balaban J connectivity index is 2.07. The van der Waals surface area contributed by atoms with Crippen molar-refractivity contribution in [2.75, 3.05) is 32.2 Å². The van der Waals surface area contributed by atoms with E-state index < -0.39 is 0 Å². The van der Waals surface area contributed by atoms with Gasteiger partial charge in [-0.25, -0.2) is 0 Å². The zero-order chi connectivity index (χ0) is 14.5. The van der Waals surface area contributed by atoms with Crippen molar-refractivity contribution in [2.45, 2.75) is 19.8 Å². The maximum Gasteiger partial charge on any atom is 0.256 e.